The van der Waals surface area contributed by atoms with Crippen molar-refractivity contribution in [2.24, 2.45) is 7.05 Å². The molecule has 1 atom stereocenters. The first-order valence-corrected chi connectivity index (χ1v) is 6.64. The van der Waals surface area contributed by atoms with Gasteiger partial charge in [0.15, 0.2) is 0 Å². The monoisotopic (exact) mass is 233 g/mol. The summed E-state index contributed by atoms with van der Waals surface area (Å²) in [5.74, 6) is 0. The molecule has 1 aliphatic carbocycles. The summed E-state index contributed by atoms with van der Waals surface area (Å²) in [5, 5.41) is 8.06. The summed E-state index contributed by atoms with van der Waals surface area (Å²) in [4.78, 5) is 0. The van der Waals surface area contributed by atoms with Gasteiger partial charge in [0, 0.05) is 18.8 Å². The molecule has 1 unspecified atom stereocenters. The van der Waals surface area contributed by atoms with Crippen molar-refractivity contribution in [3.63, 3.8) is 0 Å². The van der Waals surface area contributed by atoms with Crippen LogP contribution in [0.1, 0.15) is 49.9 Å². The van der Waals surface area contributed by atoms with Gasteiger partial charge in [0.05, 0.1) is 11.7 Å². The molecule has 0 aliphatic heterocycles. The molecule has 1 aliphatic rings. The minimum absolute atomic E-state index is 0.369. The zero-order valence-electron chi connectivity index (χ0n) is 11.2. The van der Waals surface area contributed by atoms with E-state index in [2.05, 4.69) is 36.5 Å². The molecule has 1 aromatic rings. The summed E-state index contributed by atoms with van der Waals surface area (Å²) in [7, 11) is 1.99. The molecule has 1 aromatic heterocycles. The van der Waals surface area contributed by atoms with Gasteiger partial charge in [0.2, 0.25) is 0 Å². The average molecular weight is 233 g/mol. The highest BCUT2D eigenvalue weighted by Gasteiger charge is 2.20. The van der Waals surface area contributed by atoms with E-state index in [1.165, 1.54) is 31.2 Å². The standard InChI is InChI=1S/C14H23N3/c1-4-15-14(12-8-6-5-7-9-12)13-10-17(3)16-11(13)2/h8,10,14-15H,4-7,9H2,1-3H3. The summed E-state index contributed by atoms with van der Waals surface area (Å²) in [6, 6.07) is 0.369. The fourth-order valence-electron chi connectivity index (χ4n) is 2.67. The number of rotatable bonds is 4. The molecule has 3 heteroatoms. The van der Waals surface area contributed by atoms with E-state index in [1.807, 2.05) is 11.7 Å². The molecule has 2 rings (SSSR count). The Labute approximate surface area is 104 Å². The Balaban J connectivity index is 2.27. The largest absolute Gasteiger partial charge is 0.307 e. The Morgan fingerprint density at radius 1 is 1.47 bits per heavy atom. The number of aryl methyl sites for hydroxylation is 2. The van der Waals surface area contributed by atoms with Gasteiger partial charge in [0.1, 0.15) is 0 Å². The van der Waals surface area contributed by atoms with Crippen molar-refractivity contribution in [1.82, 2.24) is 15.1 Å². The lowest BCUT2D eigenvalue weighted by Gasteiger charge is -2.23. The first-order chi connectivity index (χ1) is 8.22. The highest BCUT2D eigenvalue weighted by atomic mass is 15.3. The molecule has 0 saturated carbocycles. The smallest absolute Gasteiger partial charge is 0.0644 e. The second kappa shape index (κ2) is 5.50. The zero-order valence-corrected chi connectivity index (χ0v) is 11.2. The van der Waals surface area contributed by atoms with Crippen LogP contribution in [0, 0.1) is 6.92 Å². The van der Waals surface area contributed by atoms with Crippen LogP contribution in [0.3, 0.4) is 0 Å². The zero-order chi connectivity index (χ0) is 12.3. The minimum atomic E-state index is 0.369. The van der Waals surface area contributed by atoms with Gasteiger partial charge < -0.3 is 5.32 Å². The normalized spacial score (nSPS) is 17.9. The van der Waals surface area contributed by atoms with E-state index >= 15 is 0 Å². The maximum absolute atomic E-state index is 4.46. The van der Waals surface area contributed by atoms with Gasteiger partial charge in [-0.3, -0.25) is 4.68 Å². The van der Waals surface area contributed by atoms with Gasteiger partial charge in [-0.05, 0) is 39.2 Å². The van der Waals surface area contributed by atoms with Gasteiger partial charge in [-0.1, -0.05) is 18.6 Å². The van der Waals surface area contributed by atoms with Crippen LogP contribution in [-0.2, 0) is 7.05 Å². The van der Waals surface area contributed by atoms with Gasteiger partial charge in [-0.2, -0.15) is 5.10 Å². The van der Waals surface area contributed by atoms with Crippen LogP contribution in [0.15, 0.2) is 17.8 Å². The molecule has 0 spiro atoms. The predicted molar refractivity (Wildman–Crippen MR) is 70.9 cm³/mol. The van der Waals surface area contributed by atoms with E-state index in [9.17, 15) is 0 Å². The Morgan fingerprint density at radius 2 is 2.29 bits per heavy atom. The van der Waals surface area contributed by atoms with Crippen molar-refractivity contribution in [3.8, 4) is 0 Å². The van der Waals surface area contributed by atoms with E-state index < -0.39 is 0 Å². The van der Waals surface area contributed by atoms with Crippen molar-refractivity contribution in [2.45, 2.75) is 45.6 Å². The van der Waals surface area contributed by atoms with Crippen molar-refractivity contribution in [2.75, 3.05) is 6.54 Å². The molecular formula is C14H23N3. The molecular weight excluding hydrogens is 210 g/mol. The summed E-state index contributed by atoms with van der Waals surface area (Å²) < 4.78 is 1.92. The molecule has 0 radical (unpaired) electrons. The molecule has 0 aromatic carbocycles. The number of likely N-dealkylation sites (N-methyl/N-ethyl adjacent to an activating group) is 1. The molecule has 94 valence electrons. The van der Waals surface area contributed by atoms with Crippen LogP contribution < -0.4 is 5.32 Å². The maximum Gasteiger partial charge on any atom is 0.0644 e. The van der Waals surface area contributed by atoms with E-state index in [0.29, 0.717) is 6.04 Å². The van der Waals surface area contributed by atoms with Crippen molar-refractivity contribution >= 4 is 0 Å². The Morgan fingerprint density at radius 3 is 2.82 bits per heavy atom. The number of hydrogen-bond acceptors (Lipinski definition) is 2. The Kier molecular flexibility index (Phi) is 4.00. The number of allylic oxidation sites excluding steroid dienone is 1. The molecule has 3 nitrogen and oxygen atoms in total. The molecule has 0 saturated heterocycles. The van der Waals surface area contributed by atoms with Crippen LogP contribution in [0.4, 0.5) is 0 Å². The lowest BCUT2D eigenvalue weighted by atomic mass is 9.90. The maximum atomic E-state index is 4.46. The van der Waals surface area contributed by atoms with Gasteiger partial charge in [0.25, 0.3) is 0 Å². The summed E-state index contributed by atoms with van der Waals surface area (Å²) in [5.41, 5.74) is 4.03. The summed E-state index contributed by atoms with van der Waals surface area (Å²) >= 11 is 0. The van der Waals surface area contributed by atoms with E-state index in [0.717, 1.165) is 12.2 Å². The van der Waals surface area contributed by atoms with E-state index in [4.69, 9.17) is 0 Å². The quantitative estimate of drug-likeness (QED) is 0.810. The van der Waals surface area contributed by atoms with Gasteiger partial charge in [-0.25, -0.2) is 0 Å². The van der Waals surface area contributed by atoms with Crippen molar-refractivity contribution in [1.29, 1.82) is 0 Å². The Hall–Kier alpha value is -1.09. The second-order valence-electron chi connectivity index (χ2n) is 4.86. The third-order valence-electron chi connectivity index (χ3n) is 3.47. The van der Waals surface area contributed by atoms with Crippen LogP contribution in [0.2, 0.25) is 0 Å². The van der Waals surface area contributed by atoms with Crippen LogP contribution in [-0.4, -0.2) is 16.3 Å². The fraction of sp³-hybridized carbons (Fsp3) is 0.643. The van der Waals surface area contributed by atoms with Gasteiger partial charge in [-0.15, -0.1) is 0 Å². The highest BCUT2D eigenvalue weighted by Crippen LogP contribution is 2.30. The molecule has 0 amide bonds. The number of nitrogens with zero attached hydrogens (tertiary/aromatic N) is 2. The lowest BCUT2D eigenvalue weighted by molar-refractivity contribution is 0.562. The fourth-order valence-corrected chi connectivity index (χ4v) is 2.67. The van der Waals surface area contributed by atoms with E-state index in [1.54, 1.807) is 5.57 Å². The summed E-state index contributed by atoms with van der Waals surface area (Å²) in [6.45, 7) is 5.27. The molecule has 1 N–H and O–H groups in total. The van der Waals surface area contributed by atoms with Crippen molar-refractivity contribution in [3.05, 3.63) is 29.1 Å². The number of nitrogens with one attached hydrogen (secondary N) is 1. The average Bonchev–Trinajstić information content (AvgIpc) is 2.66. The SMILES string of the molecule is CCNC(C1=CCCCC1)c1cn(C)nc1C. The molecule has 1 heterocycles. The molecule has 17 heavy (non-hydrogen) atoms. The van der Waals surface area contributed by atoms with Crippen LogP contribution >= 0.6 is 0 Å². The topological polar surface area (TPSA) is 29.9 Å². The van der Waals surface area contributed by atoms with E-state index in [-0.39, 0.29) is 0 Å². The first kappa shape index (κ1) is 12.4. The second-order valence-corrected chi connectivity index (χ2v) is 4.86. The predicted octanol–water partition coefficient (Wildman–Crippen LogP) is 2.88. The van der Waals surface area contributed by atoms with Crippen LogP contribution in [0.25, 0.3) is 0 Å². The molecule has 0 bridgehead atoms. The third kappa shape index (κ3) is 2.78. The van der Waals surface area contributed by atoms with Crippen molar-refractivity contribution < 1.29 is 0 Å². The van der Waals surface area contributed by atoms with Crippen LogP contribution in [0.5, 0.6) is 0 Å². The molecule has 0 fully saturated rings. The van der Waals surface area contributed by atoms with Gasteiger partial charge >= 0.3 is 0 Å². The third-order valence-corrected chi connectivity index (χ3v) is 3.47. The minimum Gasteiger partial charge on any atom is -0.307 e. The highest BCUT2D eigenvalue weighted by molar-refractivity contribution is 5.30. The lowest BCUT2D eigenvalue weighted by Crippen LogP contribution is -2.24. The summed E-state index contributed by atoms with van der Waals surface area (Å²) in [6.07, 6.45) is 9.70. The number of aromatic nitrogens is 2. The Bertz CT molecular complexity index is 404. The number of hydrogen-bond donors (Lipinski definition) is 1. The first-order valence-electron chi connectivity index (χ1n) is 6.64.